The Hall–Kier alpha value is 0.1000. The molecule has 5 atom stereocenters. The van der Waals surface area contributed by atoms with Crippen LogP contribution in [0.2, 0.25) is 0 Å². The molecule has 2 fully saturated rings. The molecule has 0 saturated heterocycles. The Balaban J connectivity index is 0.000000846. The average Bonchev–Trinajstić information content (AvgIpc) is 3.06. The quantitative estimate of drug-likeness (QED) is 0.248. The fourth-order valence-corrected chi connectivity index (χ4v) is 6.67. The number of phosphoric acid groups is 1. The molecule has 3 aliphatic carbocycles. The van der Waals surface area contributed by atoms with Gasteiger partial charge in [0.25, 0.3) is 7.82 Å². The molecule has 13 heteroatoms. The number of benzene rings is 1. The summed E-state index contributed by atoms with van der Waals surface area (Å²) in [5.41, 5.74) is 2.82. The molecule has 0 unspecified atom stereocenters. The summed E-state index contributed by atoms with van der Waals surface area (Å²) in [6.45, 7) is 3.15. The Morgan fingerprint density at radius 2 is 1.81 bits per heavy atom. The van der Waals surface area contributed by atoms with Crippen LogP contribution < -0.4 is 39.2 Å². The molecule has 0 bridgehead atoms. The van der Waals surface area contributed by atoms with Crippen LogP contribution in [0.25, 0.3) is 0 Å². The van der Waals surface area contributed by atoms with Crippen LogP contribution in [0.5, 0.6) is 5.75 Å². The molecule has 4 rings (SSSR count). The monoisotopic (exact) mass is 577 g/mol. The van der Waals surface area contributed by atoms with Gasteiger partial charge in [0, 0.05) is 24.8 Å². The van der Waals surface area contributed by atoms with E-state index in [2.05, 4.69) is 13.0 Å². The second kappa shape index (κ2) is 14.5. The Bertz CT molecular complexity index is 908. The summed E-state index contributed by atoms with van der Waals surface area (Å²) in [7, 11) is -4.89. The predicted octanol–water partition coefficient (Wildman–Crippen LogP) is -0.199. The van der Waals surface area contributed by atoms with Gasteiger partial charge in [0.05, 0.1) is 6.10 Å². The van der Waals surface area contributed by atoms with Crippen LogP contribution >= 0.6 is 31.0 Å². The van der Waals surface area contributed by atoms with E-state index in [1.54, 1.807) is 4.90 Å². The van der Waals surface area contributed by atoms with E-state index in [0.29, 0.717) is 48.4 Å². The Kier molecular flexibility index (Phi) is 13.7. The Morgan fingerprint density at radius 3 is 2.39 bits per heavy atom. The van der Waals surface area contributed by atoms with E-state index in [0.717, 1.165) is 38.5 Å². The number of fused-ring (bicyclic) bond motifs is 5. The number of ether oxygens (including phenoxy) is 1. The number of carbonyl (C=O) groups excluding carboxylic acids is 1. The molecule has 9 nitrogen and oxygen atoms in total. The second-order valence-corrected chi connectivity index (χ2v) is 11.4. The van der Waals surface area contributed by atoms with Gasteiger partial charge in [-0.3, -0.25) is 4.57 Å². The van der Waals surface area contributed by atoms with E-state index in [9.17, 15) is 9.90 Å². The smallest absolute Gasteiger partial charge is 0.756 e. The number of hydrogen-bond acceptors (Lipinski definition) is 5. The molecule has 1 aromatic rings. The van der Waals surface area contributed by atoms with Gasteiger partial charge in [0.2, 0.25) is 0 Å². The van der Waals surface area contributed by atoms with Gasteiger partial charge in [-0.1, -0.05) is 13.0 Å². The molecule has 0 heterocycles. The first kappa shape index (κ1) is 34.1. The minimum Gasteiger partial charge on any atom is -0.756 e. The maximum absolute atomic E-state index is 12.4. The number of amides is 1. The molecular weight excluding hydrogens is 543 g/mol. The first-order valence-electron chi connectivity index (χ1n) is 11.6. The summed E-state index contributed by atoms with van der Waals surface area (Å²) in [6, 6.07) is 6.13. The van der Waals surface area contributed by atoms with Crippen LogP contribution in [0, 0.1) is 17.3 Å². The predicted molar refractivity (Wildman–Crippen MR) is 132 cm³/mol. The van der Waals surface area contributed by atoms with Crippen LogP contribution in [-0.2, 0) is 11.0 Å². The molecule has 1 aromatic carbocycles. The van der Waals surface area contributed by atoms with Crippen molar-refractivity contribution in [1.29, 1.82) is 0 Å². The molecule has 0 aliphatic heterocycles. The third-order valence-corrected chi connectivity index (χ3v) is 8.16. The van der Waals surface area contributed by atoms with Gasteiger partial charge in [0.15, 0.2) is 0 Å². The van der Waals surface area contributed by atoms with E-state index in [1.807, 2.05) is 12.1 Å². The number of aryl methyl sites for hydroxylation is 1. The van der Waals surface area contributed by atoms with Gasteiger partial charge in [-0.05, 0) is 85.0 Å². The molecule has 36 heavy (non-hydrogen) atoms. The van der Waals surface area contributed by atoms with E-state index in [1.165, 1.54) is 11.1 Å². The number of aliphatic hydroxyl groups excluding tert-OH is 1. The number of nitrogens with zero attached hydrogens (tertiary/aromatic N) is 1. The first-order chi connectivity index (χ1) is 16.0. The fourth-order valence-electron chi connectivity index (χ4n) is 6.26. The number of carbonyl (C=O) groups is 1. The normalized spacial score (nSPS) is 28.1. The Labute approximate surface area is 244 Å². The largest absolute Gasteiger partial charge is 1.00 e. The van der Waals surface area contributed by atoms with Crippen molar-refractivity contribution in [3.05, 3.63) is 29.3 Å². The minimum atomic E-state index is -4.89. The first-order valence-corrected chi connectivity index (χ1v) is 14.2. The van der Waals surface area contributed by atoms with Crippen molar-refractivity contribution >= 4 is 37.1 Å². The van der Waals surface area contributed by atoms with Crippen molar-refractivity contribution < 1.29 is 68.9 Å². The number of hydrogen-bond donors (Lipinski definition) is 3. The van der Waals surface area contributed by atoms with E-state index >= 15 is 0 Å². The van der Waals surface area contributed by atoms with Crippen molar-refractivity contribution in [2.75, 3.05) is 24.8 Å². The molecule has 0 spiro atoms. The van der Waals surface area contributed by atoms with Gasteiger partial charge in [0.1, 0.15) is 5.75 Å². The van der Waals surface area contributed by atoms with E-state index < -0.39 is 13.9 Å². The SMILES string of the molecule is C[C@]12CC[C@@H]3c4ccc(OC(=O)N(CCCl)CCCl)cc4CC[C@H]3[C@@H]1CC[C@@H]2O.O.O=P([O-])(O)O.[Na+]. The molecule has 5 N–H and O–H groups in total. The summed E-state index contributed by atoms with van der Waals surface area (Å²) < 4.78 is 14.4. The topological polar surface area (TPSA) is 162 Å². The average molecular weight is 578 g/mol. The van der Waals surface area contributed by atoms with Crippen molar-refractivity contribution in [3.63, 3.8) is 0 Å². The minimum absolute atomic E-state index is 0. The third kappa shape index (κ3) is 8.30. The zero-order valence-electron chi connectivity index (χ0n) is 20.7. The number of alkyl halides is 2. The maximum Gasteiger partial charge on any atom is 1.00 e. The zero-order chi connectivity index (χ0) is 25.1. The molecular formula is C23H35Cl2NNaO8P. The Morgan fingerprint density at radius 1 is 1.19 bits per heavy atom. The fraction of sp³-hybridized carbons (Fsp3) is 0.696. The van der Waals surface area contributed by atoms with E-state index in [4.69, 9.17) is 47.2 Å². The summed E-state index contributed by atoms with van der Waals surface area (Å²) in [4.78, 5) is 36.9. The summed E-state index contributed by atoms with van der Waals surface area (Å²) in [6.07, 6.45) is 5.98. The van der Waals surface area contributed by atoms with Gasteiger partial charge < -0.3 is 34.9 Å². The standard InChI is InChI=1S/C23H31Cl2NO3.Na.H3O4P.H2O/c1-23-9-8-18-17-5-3-16(29-22(28)26(12-10-24)13-11-25)14-15(17)2-4-19(18)20(23)6-7-21(23)27;;1-5(2,3)4;/h3,5,14,18-21,27H,2,4,6-13H2,1H3;;(H3,1,2,3,4);1H2/q;+1;;/p-1/t18-,19-,20+,21+,23+;;;/m1.../s1. The van der Waals surface area contributed by atoms with Gasteiger partial charge in [-0.15, -0.1) is 23.2 Å². The van der Waals surface area contributed by atoms with Crippen molar-refractivity contribution in [1.82, 2.24) is 4.90 Å². The van der Waals surface area contributed by atoms with Gasteiger partial charge >= 0.3 is 35.7 Å². The summed E-state index contributed by atoms with van der Waals surface area (Å²) >= 11 is 11.6. The van der Waals surface area contributed by atoms with Gasteiger partial charge in [-0.2, -0.15) is 0 Å². The summed E-state index contributed by atoms with van der Waals surface area (Å²) in [5.74, 6) is 3.16. The number of rotatable bonds is 5. The maximum atomic E-state index is 12.4. The second-order valence-electron chi connectivity index (χ2n) is 9.64. The van der Waals surface area contributed by atoms with Crippen LogP contribution in [0.3, 0.4) is 0 Å². The van der Waals surface area contributed by atoms with Crippen LogP contribution in [0.4, 0.5) is 4.79 Å². The molecule has 2 saturated carbocycles. The molecule has 0 radical (unpaired) electrons. The molecule has 0 aromatic heterocycles. The van der Waals surface area contributed by atoms with E-state index in [-0.39, 0.29) is 46.6 Å². The van der Waals surface area contributed by atoms with Gasteiger partial charge in [-0.25, -0.2) is 4.79 Å². The molecule has 3 aliphatic rings. The van der Waals surface area contributed by atoms with Crippen molar-refractivity contribution in [2.45, 2.75) is 57.5 Å². The molecule has 1 amide bonds. The third-order valence-electron chi connectivity index (χ3n) is 7.82. The number of halogens is 2. The zero-order valence-corrected chi connectivity index (χ0v) is 25.1. The van der Waals surface area contributed by atoms with Crippen molar-refractivity contribution in [2.24, 2.45) is 17.3 Å². The number of aliphatic hydroxyl groups is 1. The van der Waals surface area contributed by atoms with Crippen LogP contribution in [-0.4, -0.2) is 62.3 Å². The summed E-state index contributed by atoms with van der Waals surface area (Å²) in [5, 5.41) is 10.5. The molecule has 200 valence electrons. The van der Waals surface area contributed by atoms with Crippen LogP contribution in [0.1, 0.15) is 56.1 Å². The van der Waals surface area contributed by atoms with Crippen molar-refractivity contribution in [3.8, 4) is 5.75 Å². The van der Waals surface area contributed by atoms with Crippen LogP contribution in [0.15, 0.2) is 18.2 Å².